The van der Waals surface area contributed by atoms with Gasteiger partial charge >= 0.3 is 0 Å². The van der Waals surface area contributed by atoms with E-state index in [0.717, 1.165) is 31.2 Å². The molecule has 3 fully saturated rings. The Morgan fingerprint density at radius 3 is 2.57 bits per heavy atom. The summed E-state index contributed by atoms with van der Waals surface area (Å²) in [6.45, 7) is 5.37. The van der Waals surface area contributed by atoms with Gasteiger partial charge < -0.3 is 10.5 Å². The highest BCUT2D eigenvalue weighted by molar-refractivity contribution is 4.96. The molecule has 21 heavy (non-hydrogen) atoms. The first-order valence-corrected chi connectivity index (χ1v) is 9.38. The third kappa shape index (κ3) is 3.30. The second kappa shape index (κ2) is 6.97. The van der Waals surface area contributed by atoms with Crippen LogP contribution in [0.4, 0.5) is 0 Å². The number of nitrogens with two attached hydrogens (primary N) is 1. The lowest BCUT2D eigenvalue weighted by Crippen LogP contribution is -2.54. The van der Waals surface area contributed by atoms with Crippen molar-refractivity contribution >= 4 is 0 Å². The van der Waals surface area contributed by atoms with E-state index >= 15 is 0 Å². The van der Waals surface area contributed by atoms with Gasteiger partial charge in [-0.3, -0.25) is 4.90 Å². The molecule has 0 bridgehead atoms. The van der Waals surface area contributed by atoms with Gasteiger partial charge in [0.05, 0.1) is 5.60 Å². The molecule has 0 aromatic carbocycles. The van der Waals surface area contributed by atoms with E-state index in [-0.39, 0.29) is 5.60 Å². The molecule has 3 aliphatic rings. The summed E-state index contributed by atoms with van der Waals surface area (Å²) in [5.74, 6) is 0.723. The van der Waals surface area contributed by atoms with Gasteiger partial charge in [0.2, 0.25) is 0 Å². The fourth-order valence-corrected chi connectivity index (χ4v) is 5.32. The minimum absolute atomic E-state index is 0.239. The summed E-state index contributed by atoms with van der Waals surface area (Å²) in [6.07, 6.45) is 13.3. The minimum Gasteiger partial charge on any atom is -0.375 e. The molecular formula is C18H34N2O. The lowest BCUT2D eigenvalue weighted by atomic mass is 9.81. The van der Waals surface area contributed by atoms with Crippen LogP contribution in [0.15, 0.2) is 0 Å². The smallest absolute Gasteiger partial charge is 0.0697 e. The summed E-state index contributed by atoms with van der Waals surface area (Å²) in [6, 6.07) is 1.47. The molecule has 0 radical (unpaired) electrons. The Kier molecular flexibility index (Phi) is 5.23. The van der Waals surface area contributed by atoms with Crippen LogP contribution in [-0.2, 0) is 4.74 Å². The van der Waals surface area contributed by atoms with Gasteiger partial charge in [0.15, 0.2) is 0 Å². The van der Waals surface area contributed by atoms with Crippen molar-refractivity contribution in [3.8, 4) is 0 Å². The van der Waals surface area contributed by atoms with Gasteiger partial charge in [0.25, 0.3) is 0 Å². The molecule has 2 aliphatic carbocycles. The van der Waals surface area contributed by atoms with E-state index in [4.69, 9.17) is 10.5 Å². The molecule has 2 N–H and O–H groups in total. The largest absolute Gasteiger partial charge is 0.375 e. The SMILES string of the molecule is CCN(C1CCOC2(CCCC2)C1)C1CCCCC1CN. The molecule has 3 rings (SSSR count). The first kappa shape index (κ1) is 15.8. The molecule has 3 unspecified atom stereocenters. The molecule has 1 spiro atoms. The van der Waals surface area contributed by atoms with Crippen molar-refractivity contribution in [3.63, 3.8) is 0 Å². The summed E-state index contributed by atoms with van der Waals surface area (Å²) >= 11 is 0. The number of ether oxygens (including phenoxy) is 1. The monoisotopic (exact) mass is 294 g/mol. The van der Waals surface area contributed by atoms with Crippen molar-refractivity contribution in [1.82, 2.24) is 4.90 Å². The molecule has 3 nitrogen and oxygen atoms in total. The summed E-state index contributed by atoms with van der Waals surface area (Å²) in [5, 5.41) is 0. The zero-order valence-electron chi connectivity index (χ0n) is 13.9. The van der Waals surface area contributed by atoms with Crippen LogP contribution in [-0.4, -0.2) is 42.3 Å². The van der Waals surface area contributed by atoms with Gasteiger partial charge in [-0.2, -0.15) is 0 Å². The van der Waals surface area contributed by atoms with E-state index in [2.05, 4.69) is 11.8 Å². The van der Waals surface area contributed by atoms with Crippen LogP contribution in [0.5, 0.6) is 0 Å². The summed E-state index contributed by atoms with van der Waals surface area (Å²) in [4.78, 5) is 2.82. The molecule has 3 atom stereocenters. The van der Waals surface area contributed by atoms with Gasteiger partial charge in [-0.15, -0.1) is 0 Å². The van der Waals surface area contributed by atoms with Crippen molar-refractivity contribution in [3.05, 3.63) is 0 Å². The van der Waals surface area contributed by atoms with Crippen LogP contribution in [0.25, 0.3) is 0 Å². The molecule has 0 amide bonds. The highest BCUT2D eigenvalue weighted by Gasteiger charge is 2.43. The number of rotatable bonds is 4. The predicted molar refractivity (Wildman–Crippen MR) is 87.4 cm³/mol. The molecule has 1 aliphatic heterocycles. The maximum atomic E-state index is 6.24. The fraction of sp³-hybridized carbons (Fsp3) is 1.00. The molecule has 2 saturated carbocycles. The zero-order valence-corrected chi connectivity index (χ0v) is 13.9. The maximum Gasteiger partial charge on any atom is 0.0697 e. The fourth-order valence-electron chi connectivity index (χ4n) is 5.32. The number of hydrogen-bond donors (Lipinski definition) is 1. The first-order chi connectivity index (χ1) is 10.3. The Morgan fingerprint density at radius 2 is 1.86 bits per heavy atom. The quantitative estimate of drug-likeness (QED) is 0.864. The highest BCUT2D eigenvalue weighted by atomic mass is 16.5. The van der Waals surface area contributed by atoms with E-state index in [9.17, 15) is 0 Å². The van der Waals surface area contributed by atoms with E-state index in [1.165, 1.54) is 70.8 Å². The van der Waals surface area contributed by atoms with Crippen LogP contribution in [0, 0.1) is 5.92 Å². The lowest BCUT2D eigenvalue weighted by molar-refractivity contribution is -0.111. The third-order valence-corrected chi connectivity index (χ3v) is 6.41. The predicted octanol–water partition coefficient (Wildman–Crippen LogP) is 3.32. The lowest BCUT2D eigenvalue weighted by Gasteiger charge is -2.48. The highest BCUT2D eigenvalue weighted by Crippen LogP contribution is 2.42. The molecule has 1 saturated heterocycles. The topological polar surface area (TPSA) is 38.5 Å². The van der Waals surface area contributed by atoms with Crippen LogP contribution in [0.1, 0.15) is 71.1 Å². The minimum atomic E-state index is 0.239. The van der Waals surface area contributed by atoms with Crippen LogP contribution >= 0.6 is 0 Å². The second-order valence-electron chi connectivity index (χ2n) is 7.56. The molecular weight excluding hydrogens is 260 g/mol. The molecule has 3 heteroatoms. The summed E-state index contributed by atoms with van der Waals surface area (Å²) in [7, 11) is 0. The molecule has 0 aromatic heterocycles. The molecule has 0 aromatic rings. The first-order valence-electron chi connectivity index (χ1n) is 9.38. The van der Waals surface area contributed by atoms with Crippen molar-refractivity contribution in [2.24, 2.45) is 11.7 Å². The average molecular weight is 294 g/mol. The van der Waals surface area contributed by atoms with Crippen LogP contribution in [0.3, 0.4) is 0 Å². The van der Waals surface area contributed by atoms with E-state index in [0.29, 0.717) is 0 Å². The van der Waals surface area contributed by atoms with E-state index in [1.54, 1.807) is 0 Å². The second-order valence-corrected chi connectivity index (χ2v) is 7.56. The van der Waals surface area contributed by atoms with Crippen molar-refractivity contribution < 1.29 is 4.74 Å². The Balaban J connectivity index is 1.69. The Hall–Kier alpha value is -0.120. The summed E-state index contributed by atoms with van der Waals surface area (Å²) in [5.41, 5.74) is 6.32. The third-order valence-electron chi connectivity index (χ3n) is 6.41. The number of nitrogens with zero attached hydrogens (tertiary/aromatic N) is 1. The average Bonchev–Trinajstić information content (AvgIpc) is 2.96. The van der Waals surface area contributed by atoms with Crippen molar-refractivity contribution in [2.75, 3.05) is 19.7 Å². The molecule has 122 valence electrons. The van der Waals surface area contributed by atoms with Gasteiger partial charge in [0, 0.05) is 18.7 Å². The van der Waals surface area contributed by atoms with Gasteiger partial charge in [-0.1, -0.05) is 32.6 Å². The van der Waals surface area contributed by atoms with Crippen LogP contribution < -0.4 is 5.73 Å². The van der Waals surface area contributed by atoms with Gasteiger partial charge in [0.1, 0.15) is 0 Å². The van der Waals surface area contributed by atoms with Gasteiger partial charge in [-0.05, 0) is 57.5 Å². The number of hydrogen-bond acceptors (Lipinski definition) is 3. The van der Waals surface area contributed by atoms with Crippen molar-refractivity contribution in [2.45, 2.75) is 88.8 Å². The Morgan fingerprint density at radius 1 is 1.10 bits per heavy atom. The van der Waals surface area contributed by atoms with Gasteiger partial charge in [-0.25, -0.2) is 0 Å². The maximum absolute atomic E-state index is 6.24. The van der Waals surface area contributed by atoms with E-state index in [1.807, 2.05) is 0 Å². The standard InChI is InChI=1S/C18H34N2O/c1-2-20(17-8-4-3-7-15(17)14-19)16-9-12-21-18(13-16)10-5-6-11-18/h15-17H,2-14,19H2,1H3. The normalized spacial score (nSPS) is 36.4. The summed E-state index contributed by atoms with van der Waals surface area (Å²) < 4.78 is 6.24. The van der Waals surface area contributed by atoms with Crippen LogP contribution in [0.2, 0.25) is 0 Å². The molecule has 1 heterocycles. The Bertz CT molecular complexity index is 327. The Labute approximate surface area is 130 Å². The zero-order chi connectivity index (χ0) is 14.7. The van der Waals surface area contributed by atoms with Crippen molar-refractivity contribution in [1.29, 1.82) is 0 Å². The van der Waals surface area contributed by atoms with E-state index < -0.39 is 0 Å².